The highest BCUT2D eigenvalue weighted by Gasteiger charge is 2.44. The first-order valence-corrected chi connectivity index (χ1v) is 13.5. The van der Waals surface area contributed by atoms with E-state index in [2.05, 4.69) is 33.8 Å². The van der Waals surface area contributed by atoms with Gasteiger partial charge in [-0.05, 0) is 58.5 Å². The molecule has 1 aromatic rings. The van der Waals surface area contributed by atoms with Gasteiger partial charge < -0.3 is 19.7 Å². The van der Waals surface area contributed by atoms with Gasteiger partial charge in [-0.3, -0.25) is 14.4 Å². The molecule has 2 saturated carbocycles. The van der Waals surface area contributed by atoms with Crippen LogP contribution in [0.25, 0.3) is 0 Å². The topological polar surface area (TPSA) is 71.9 Å². The summed E-state index contributed by atoms with van der Waals surface area (Å²) in [5, 5.41) is 8.39. The molecule has 1 aliphatic heterocycles. The van der Waals surface area contributed by atoms with Gasteiger partial charge in [0.1, 0.15) is 0 Å². The third-order valence-electron chi connectivity index (χ3n) is 8.88. The van der Waals surface area contributed by atoms with Crippen LogP contribution >= 0.6 is 0 Å². The predicted molar refractivity (Wildman–Crippen MR) is 137 cm³/mol. The number of hydrogen-bond acceptors (Lipinski definition) is 6. The van der Waals surface area contributed by atoms with Crippen LogP contribution in [0.15, 0.2) is 0 Å². The fraction of sp³-hybridized carbons (Fsp3) is 0.852. The summed E-state index contributed by atoms with van der Waals surface area (Å²) >= 11 is 0. The Morgan fingerprint density at radius 2 is 1.83 bits per heavy atom. The molecule has 8 heteroatoms. The Hall–Kier alpha value is -1.48. The molecule has 0 spiro atoms. The lowest BCUT2D eigenvalue weighted by atomic mass is 9.69. The molecule has 0 bridgehead atoms. The molecule has 0 radical (unpaired) electrons. The van der Waals surface area contributed by atoms with E-state index in [1.807, 2.05) is 7.05 Å². The van der Waals surface area contributed by atoms with Crippen molar-refractivity contribution in [2.75, 3.05) is 61.2 Å². The zero-order valence-corrected chi connectivity index (χ0v) is 22.7. The molecule has 2 heterocycles. The highest BCUT2D eigenvalue weighted by Crippen LogP contribution is 2.46. The second kappa shape index (κ2) is 11.3. The van der Waals surface area contributed by atoms with Gasteiger partial charge in [0, 0.05) is 56.8 Å². The van der Waals surface area contributed by atoms with E-state index in [0.29, 0.717) is 18.4 Å². The molecule has 0 saturated heterocycles. The molecule has 1 N–H and O–H groups in total. The van der Waals surface area contributed by atoms with E-state index in [1.54, 1.807) is 14.2 Å². The molecule has 1 amide bonds. The molecule has 2 fully saturated rings. The third kappa shape index (κ3) is 5.60. The first kappa shape index (κ1) is 26.6. The van der Waals surface area contributed by atoms with Crippen LogP contribution in [0.3, 0.4) is 0 Å². The van der Waals surface area contributed by atoms with Crippen LogP contribution in [0.5, 0.6) is 0 Å². The monoisotopic (exact) mass is 489 g/mol. The van der Waals surface area contributed by atoms with Crippen molar-refractivity contribution in [1.82, 2.24) is 24.9 Å². The minimum absolute atomic E-state index is 0.109. The lowest BCUT2D eigenvalue weighted by Gasteiger charge is -2.42. The lowest BCUT2D eigenvalue weighted by molar-refractivity contribution is -0.147. The number of amides is 1. The Balaban J connectivity index is 1.58. The molecule has 198 valence electrons. The standard InChI is InChI=1S/C27H47N5O3/c1-26(9-6-10-26)25(33)31-15-16-32-23(18-31)24(22(29-32)17-30(3)14-13-28-2)21-7-11-27(12-8-21,19-34-4)20-35-5/h21,28H,6-20H2,1-5H3. The van der Waals surface area contributed by atoms with Gasteiger partial charge in [0.25, 0.3) is 0 Å². The molecule has 35 heavy (non-hydrogen) atoms. The van der Waals surface area contributed by atoms with Crippen LogP contribution in [-0.4, -0.2) is 86.7 Å². The summed E-state index contributed by atoms with van der Waals surface area (Å²) in [6, 6.07) is 0. The molecule has 3 aliphatic rings. The van der Waals surface area contributed by atoms with Crippen molar-refractivity contribution in [2.45, 2.75) is 77.4 Å². The largest absolute Gasteiger partial charge is 0.384 e. The number of ether oxygens (including phenoxy) is 2. The van der Waals surface area contributed by atoms with E-state index < -0.39 is 0 Å². The van der Waals surface area contributed by atoms with Gasteiger partial charge in [-0.25, -0.2) is 0 Å². The van der Waals surface area contributed by atoms with Crippen LogP contribution in [0.1, 0.15) is 74.7 Å². The number of nitrogens with one attached hydrogen (secondary N) is 1. The van der Waals surface area contributed by atoms with Gasteiger partial charge in [-0.1, -0.05) is 13.3 Å². The minimum Gasteiger partial charge on any atom is -0.384 e. The van der Waals surface area contributed by atoms with Crippen LogP contribution in [0, 0.1) is 10.8 Å². The summed E-state index contributed by atoms with van der Waals surface area (Å²) in [6.45, 7) is 8.72. The lowest BCUT2D eigenvalue weighted by Crippen LogP contribution is -2.48. The van der Waals surface area contributed by atoms with Crippen molar-refractivity contribution in [3.8, 4) is 0 Å². The molecular formula is C27H47N5O3. The quantitative estimate of drug-likeness (QED) is 0.515. The van der Waals surface area contributed by atoms with Gasteiger partial charge >= 0.3 is 0 Å². The summed E-state index contributed by atoms with van der Waals surface area (Å²) in [7, 11) is 7.77. The third-order valence-corrected chi connectivity index (χ3v) is 8.88. The van der Waals surface area contributed by atoms with Crippen molar-refractivity contribution >= 4 is 5.91 Å². The number of likely N-dealkylation sites (N-methyl/N-ethyl adjacent to an activating group) is 2. The molecule has 1 aromatic heterocycles. The molecule has 0 unspecified atom stereocenters. The smallest absolute Gasteiger partial charge is 0.228 e. The Labute approximate surface area is 211 Å². The predicted octanol–water partition coefficient (Wildman–Crippen LogP) is 3.00. The van der Waals surface area contributed by atoms with Gasteiger partial charge in [0.15, 0.2) is 0 Å². The van der Waals surface area contributed by atoms with E-state index in [-0.39, 0.29) is 10.8 Å². The number of carbonyl (C=O) groups is 1. The Kier molecular flexibility index (Phi) is 8.57. The van der Waals surface area contributed by atoms with E-state index >= 15 is 0 Å². The van der Waals surface area contributed by atoms with Crippen molar-refractivity contribution in [2.24, 2.45) is 10.8 Å². The van der Waals surface area contributed by atoms with Crippen LogP contribution in [-0.2, 0) is 33.9 Å². The number of rotatable bonds is 11. The van der Waals surface area contributed by atoms with Crippen LogP contribution in [0.2, 0.25) is 0 Å². The first-order valence-electron chi connectivity index (χ1n) is 13.5. The first-order chi connectivity index (χ1) is 16.8. The highest BCUT2D eigenvalue weighted by atomic mass is 16.5. The van der Waals surface area contributed by atoms with Crippen LogP contribution < -0.4 is 5.32 Å². The number of aromatic nitrogens is 2. The highest BCUT2D eigenvalue weighted by molar-refractivity contribution is 5.83. The number of fused-ring (bicyclic) bond motifs is 1. The number of nitrogens with zero attached hydrogens (tertiary/aromatic N) is 4. The van der Waals surface area contributed by atoms with Crippen molar-refractivity contribution in [3.63, 3.8) is 0 Å². The maximum Gasteiger partial charge on any atom is 0.228 e. The zero-order valence-electron chi connectivity index (χ0n) is 22.7. The van der Waals surface area contributed by atoms with Crippen molar-refractivity contribution < 1.29 is 14.3 Å². The van der Waals surface area contributed by atoms with Crippen molar-refractivity contribution in [3.05, 3.63) is 17.0 Å². The molecule has 2 aliphatic carbocycles. The number of hydrogen-bond donors (Lipinski definition) is 1. The average molecular weight is 490 g/mol. The molecule has 4 rings (SSSR count). The van der Waals surface area contributed by atoms with E-state index in [4.69, 9.17) is 14.6 Å². The van der Waals surface area contributed by atoms with Gasteiger partial charge in [0.2, 0.25) is 5.91 Å². The summed E-state index contributed by atoms with van der Waals surface area (Å²) in [5.74, 6) is 0.820. The number of methoxy groups -OCH3 is 2. The Morgan fingerprint density at radius 3 is 2.40 bits per heavy atom. The summed E-state index contributed by atoms with van der Waals surface area (Å²) in [6.07, 6.45) is 7.66. The summed E-state index contributed by atoms with van der Waals surface area (Å²) < 4.78 is 13.4. The second-order valence-corrected chi connectivity index (χ2v) is 11.7. The maximum absolute atomic E-state index is 13.4. The average Bonchev–Trinajstić information content (AvgIpc) is 3.18. The second-order valence-electron chi connectivity index (χ2n) is 11.7. The van der Waals surface area contributed by atoms with Gasteiger partial charge in [0.05, 0.1) is 37.7 Å². The summed E-state index contributed by atoms with van der Waals surface area (Å²) in [5.41, 5.74) is 3.86. The fourth-order valence-electron chi connectivity index (χ4n) is 6.56. The van der Waals surface area contributed by atoms with Crippen LogP contribution in [0.4, 0.5) is 0 Å². The van der Waals surface area contributed by atoms with E-state index in [0.717, 1.165) is 84.5 Å². The fourth-order valence-corrected chi connectivity index (χ4v) is 6.56. The van der Waals surface area contributed by atoms with Gasteiger partial charge in [-0.15, -0.1) is 0 Å². The van der Waals surface area contributed by atoms with E-state index in [1.165, 1.54) is 23.4 Å². The Morgan fingerprint density at radius 1 is 1.14 bits per heavy atom. The minimum atomic E-state index is -0.150. The molecule has 0 aromatic carbocycles. The molecule has 8 nitrogen and oxygen atoms in total. The van der Waals surface area contributed by atoms with E-state index in [9.17, 15) is 4.79 Å². The van der Waals surface area contributed by atoms with Crippen molar-refractivity contribution in [1.29, 1.82) is 0 Å². The molecule has 0 atom stereocenters. The number of carbonyl (C=O) groups excluding carboxylic acids is 1. The molecular weight excluding hydrogens is 442 g/mol. The SMILES string of the molecule is CNCCN(C)Cc1nn2c(c1C1CCC(COC)(COC)CC1)CN(C(=O)C1(C)CCC1)CC2. The summed E-state index contributed by atoms with van der Waals surface area (Å²) in [4.78, 5) is 17.9. The van der Waals surface area contributed by atoms with Gasteiger partial charge in [-0.2, -0.15) is 5.10 Å². The maximum atomic E-state index is 13.4. The Bertz CT molecular complexity index is 849. The zero-order chi connectivity index (χ0) is 25.1. The normalized spacial score (nSPS) is 21.7.